The summed E-state index contributed by atoms with van der Waals surface area (Å²) in [4.78, 5) is 0. The van der Waals surface area contributed by atoms with Crippen LogP contribution in [0.1, 0.15) is 31.7 Å². The highest BCUT2D eigenvalue weighted by atomic mass is 19.3. The van der Waals surface area contributed by atoms with Gasteiger partial charge in [-0.3, -0.25) is 0 Å². The van der Waals surface area contributed by atoms with Gasteiger partial charge in [0.1, 0.15) is 0 Å². The van der Waals surface area contributed by atoms with Crippen LogP contribution >= 0.6 is 0 Å². The van der Waals surface area contributed by atoms with Crippen molar-refractivity contribution in [3.63, 3.8) is 0 Å². The molecule has 0 N–H and O–H groups in total. The molecular formula is C22H20F4O. The maximum Gasteiger partial charge on any atom is 0.387 e. The molecule has 0 aliphatic heterocycles. The second kappa shape index (κ2) is 8.42. The van der Waals surface area contributed by atoms with Gasteiger partial charge in [-0.15, -0.1) is 0 Å². The van der Waals surface area contributed by atoms with E-state index in [1.807, 2.05) is 24.3 Å². The molecule has 3 aromatic carbocycles. The van der Waals surface area contributed by atoms with E-state index in [0.717, 1.165) is 42.2 Å². The molecule has 0 fully saturated rings. The molecule has 0 saturated carbocycles. The summed E-state index contributed by atoms with van der Waals surface area (Å²) >= 11 is 0. The van der Waals surface area contributed by atoms with Crippen molar-refractivity contribution in [1.29, 1.82) is 0 Å². The minimum atomic E-state index is -3.29. The van der Waals surface area contributed by atoms with Gasteiger partial charge in [-0.05, 0) is 52.4 Å². The normalized spacial score (nSPS) is 11.3. The fourth-order valence-electron chi connectivity index (χ4n) is 3.24. The number of hydrogen-bond donors (Lipinski definition) is 0. The maximum absolute atomic E-state index is 14.1. The summed E-state index contributed by atoms with van der Waals surface area (Å²) in [7, 11) is 0. The van der Waals surface area contributed by atoms with Crippen molar-refractivity contribution in [1.82, 2.24) is 0 Å². The van der Waals surface area contributed by atoms with Gasteiger partial charge in [0.15, 0.2) is 17.4 Å². The van der Waals surface area contributed by atoms with E-state index in [1.165, 1.54) is 12.0 Å². The smallest absolute Gasteiger partial charge is 0.387 e. The van der Waals surface area contributed by atoms with Crippen LogP contribution in [0.4, 0.5) is 17.6 Å². The van der Waals surface area contributed by atoms with E-state index in [9.17, 15) is 17.6 Å². The fourth-order valence-corrected chi connectivity index (χ4v) is 3.24. The van der Waals surface area contributed by atoms with Crippen LogP contribution in [0.5, 0.6) is 5.75 Å². The first-order valence-corrected chi connectivity index (χ1v) is 8.95. The zero-order chi connectivity index (χ0) is 19.4. The van der Waals surface area contributed by atoms with Crippen LogP contribution in [-0.2, 0) is 6.42 Å². The first-order chi connectivity index (χ1) is 13.0. The van der Waals surface area contributed by atoms with Gasteiger partial charge in [0.2, 0.25) is 0 Å². The van der Waals surface area contributed by atoms with E-state index in [4.69, 9.17) is 0 Å². The lowest BCUT2D eigenvalue weighted by molar-refractivity contribution is -0.0546. The molecule has 0 amide bonds. The third-order valence-corrected chi connectivity index (χ3v) is 4.53. The molecule has 142 valence electrons. The lowest BCUT2D eigenvalue weighted by Gasteiger charge is -2.12. The summed E-state index contributed by atoms with van der Waals surface area (Å²) < 4.78 is 56.7. The number of aryl methyl sites for hydroxylation is 1. The SMILES string of the molecule is CCCCCc1ccc2c(-c3cc(F)c(OC(F)F)c(F)c3)cccc2c1. The lowest BCUT2D eigenvalue weighted by atomic mass is 9.95. The molecule has 0 radical (unpaired) electrons. The second-order valence-electron chi connectivity index (χ2n) is 6.47. The summed E-state index contributed by atoms with van der Waals surface area (Å²) in [6.45, 7) is -1.13. The van der Waals surface area contributed by atoms with Crippen molar-refractivity contribution >= 4 is 10.8 Å². The Morgan fingerprint density at radius 1 is 0.926 bits per heavy atom. The monoisotopic (exact) mass is 376 g/mol. The van der Waals surface area contributed by atoms with E-state index in [2.05, 4.69) is 17.7 Å². The molecule has 0 aliphatic carbocycles. The predicted molar refractivity (Wildman–Crippen MR) is 99.2 cm³/mol. The summed E-state index contributed by atoms with van der Waals surface area (Å²) in [5.74, 6) is -3.37. The van der Waals surface area contributed by atoms with Crippen LogP contribution in [0.25, 0.3) is 21.9 Å². The van der Waals surface area contributed by atoms with E-state index < -0.39 is 24.0 Å². The van der Waals surface area contributed by atoms with Crippen LogP contribution in [0, 0.1) is 11.6 Å². The van der Waals surface area contributed by atoms with Crippen molar-refractivity contribution in [2.24, 2.45) is 0 Å². The van der Waals surface area contributed by atoms with Gasteiger partial charge >= 0.3 is 6.61 Å². The molecule has 0 spiro atoms. The number of fused-ring (bicyclic) bond motifs is 1. The van der Waals surface area contributed by atoms with Gasteiger partial charge in [0.05, 0.1) is 0 Å². The highest BCUT2D eigenvalue weighted by Gasteiger charge is 2.18. The zero-order valence-electron chi connectivity index (χ0n) is 14.9. The van der Waals surface area contributed by atoms with Crippen LogP contribution in [0.15, 0.2) is 48.5 Å². The van der Waals surface area contributed by atoms with Gasteiger partial charge in [0, 0.05) is 0 Å². The van der Waals surface area contributed by atoms with E-state index in [0.29, 0.717) is 5.56 Å². The topological polar surface area (TPSA) is 9.23 Å². The number of unbranched alkanes of at least 4 members (excludes halogenated alkanes) is 2. The Hall–Kier alpha value is -2.56. The van der Waals surface area contributed by atoms with Crippen molar-refractivity contribution in [3.8, 4) is 16.9 Å². The minimum Gasteiger partial charge on any atom is -0.429 e. The molecule has 0 bridgehead atoms. The Kier molecular flexibility index (Phi) is 5.99. The molecule has 0 aromatic heterocycles. The Labute approximate surface area is 155 Å². The molecular weight excluding hydrogens is 356 g/mol. The largest absolute Gasteiger partial charge is 0.429 e. The number of halogens is 4. The second-order valence-corrected chi connectivity index (χ2v) is 6.47. The average Bonchev–Trinajstić information content (AvgIpc) is 2.64. The fraction of sp³-hybridized carbons (Fsp3) is 0.273. The maximum atomic E-state index is 14.1. The highest BCUT2D eigenvalue weighted by Crippen LogP contribution is 2.34. The number of ether oxygens (including phenoxy) is 1. The number of benzene rings is 3. The molecule has 3 aromatic rings. The van der Waals surface area contributed by atoms with Gasteiger partial charge in [-0.25, -0.2) is 8.78 Å². The summed E-state index contributed by atoms with van der Waals surface area (Å²) in [5, 5.41) is 1.81. The van der Waals surface area contributed by atoms with Crippen LogP contribution in [0.3, 0.4) is 0 Å². The molecule has 3 rings (SSSR count). The number of hydrogen-bond acceptors (Lipinski definition) is 1. The van der Waals surface area contributed by atoms with Crippen molar-refractivity contribution in [2.45, 2.75) is 39.2 Å². The molecule has 0 saturated heterocycles. The van der Waals surface area contributed by atoms with Crippen molar-refractivity contribution < 1.29 is 22.3 Å². The molecule has 0 atom stereocenters. The Morgan fingerprint density at radius 3 is 2.33 bits per heavy atom. The molecule has 1 nitrogen and oxygen atoms in total. The Bertz CT molecular complexity index is 914. The minimum absolute atomic E-state index is 0.274. The highest BCUT2D eigenvalue weighted by molar-refractivity contribution is 5.97. The lowest BCUT2D eigenvalue weighted by Crippen LogP contribution is -2.06. The molecule has 27 heavy (non-hydrogen) atoms. The quantitative estimate of drug-likeness (QED) is 0.315. The van der Waals surface area contributed by atoms with Crippen LogP contribution < -0.4 is 4.74 Å². The standard InChI is InChI=1S/C22H20F4O/c1-2-3-4-6-14-9-10-18-15(11-14)7-5-8-17(18)16-12-19(23)21(20(24)13-16)27-22(25)26/h5,7-13,22H,2-4,6H2,1H3. The summed E-state index contributed by atoms with van der Waals surface area (Å²) in [5.41, 5.74) is 2.12. The number of rotatable bonds is 7. The van der Waals surface area contributed by atoms with Crippen LogP contribution in [-0.4, -0.2) is 6.61 Å². The zero-order valence-corrected chi connectivity index (χ0v) is 14.9. The van der Waals surface area contributed by atoms with Gasteiger partial charge in [-0.1, -0.05) is 56.2 Å². The molecule has 0 heterocycles. The third kappa shape index (κ3) is 4.41. The third-order valence-electron chi connectivity index (χ3n) is 4.53. The molecule has 0 aliphatic rings. The van der Waals surface area contributed by atoms with E-state index in [-0.39, 0.29) is 5.56 Å². The molecule has 0 unspecified atom stereocenters. The summed E-state index contributed by atoms with van der Waals surface area (Å²) in [6, 6.07) is 13.6. The summed E-state index contributed by atoms with van der Waals surface area (Å²) in [6.07, 6.45) is 4.42. The van der Waals surface area contributed by atoms with Crippen LogP contribution in [0.2, 0.25) is 0 Å². The Balaban J connectivity index is 1.99. The first kappa shape index (κ1) is 19.2. The molecule has 5 heteroatoms. The Morgan fingerprint density at radius 2 is 1.67 bits per heavy atom. The van der Waals surface area contributed by atoms with Crippen molar-refractivity contribution in [2.75, 3.05) is 0 Å². The van der Waals surface area contributed by atoms with Crippen molar-refractivity contribution in [3.05, 3.63) is 65.7 Å². The van der Waals surface area contributed by atoms with E-state index in [1.54, 1.807) is 6.07 Å². The predicted octanol–water partition coefficient (Wildman–Crippen LogP) is 7.12. The number of alkyl halides is 2. The first-order valence-electron chi connectivity index (χ1n) is 8.95. The average molecular weight is 376 g/mol. The van der Waals surface area contributed by atoms with Gasteiger partial charge < -0.3 is 4.74 Å². The van der Waals surface area contributed by atoms with Gasteiger partial charge in [0.25, 0.3) is 0 Å². The van der Waals surface area contributed by atoms with Gasteiger partial charge in [-0.2, -0.15) is 8.78 Å². The van der Waals surface area contributed by atoms with E-state index >= 15 is 0 Å².